The van der Waals surface area contributed by atoms with E-state index >= 15 is 0 Å². The first-order valence-electron chi connectivity index (χ1n) is 12.0. The summed E-state index contributed by atoms with van der Waals surface area (Å²) in [6.07, 6.45) is 3.22. The summed E-state index contributed by atoms with van der Waals surface area (Å²) in [6.45, 7) is 0.0526. The van der Waals surface area contributed by atoms with Crippen LogP contribution in [0, 0.1) is 11.6 Å². The standard InChI is InChI=1S/C28H28ClF2N3O3/c1-37-23-6-4-5-17(14-23)27(35)33-22-9-10-24(29)19(13-22)16-34(26-8-3-2-7-25(26)32)28(36)18-11-20(30)15-21(31)12-18/h4-6,9-15,25-26H,2-3,7-8,16,32H2,1H3,(H,33,35). The van der Waals surface area contributed by atoms with E-state index in [1.165, 1.54) is 12.0 Å². The SMILES string of the molecule is COc1cccc(C(=O)Nc2ccc(Cl)c(CN(C(=O)c3cc(F)cc(F)c3)C3CCCCC3N)c2)c1. The first kappa shape index (κ1) is 26.6. The zero-order valence-electron chi connectivity index (χ0n) is 20.3. The number of ether oxygens (including phenoxy) is 1. The van der Waals surface area contributed by atoms with E-state index in [0.29, 0.717) is 34.0 Å². The quantitative estimate of drug-likeness (QED) is 0.407. The molecule has 0 spiro atoms. The summed E-state index contributed by atoms with van der Waals surface area (Å²) < 4.78 is 33.0. The molecule has 6 nitrogen and oxygen atoms in total. The molecule has 0 aliphatic heterocycles. The molecule has 0 saturated heterocycles. The Balaban J connectivity index is 1.62. The first-order valence-corrected chi connectivity index (χ1v) is 12.4. The number of rotatable bonds is 7. The molecule has 1 saturated carbocycles. The highest BCUT2D eigenvalue weighted by molar-refractivity contribution is 6.31. The second-order valence-corrected chi connectivity index (χ2v) is 9.51. The predicted octanol–water partition coefficient (Wildman–Crippen LogP) is 5.79. The van der Waals surface area contributed by atoms with E-state index in [4.69, 9.17) is 22.1 Å². The summed E-state index contributed by atoms with van der Waals surface area (Å²) in [4.78, 5) is 27.9. The minimum atomic E-state index is -0.837. The van der Waals surface area contributed by atoms with Crippen molar-refractivity contribution < 1.29 is 23.1 Å². The van der Waals surface area contributed by atoms with Crippen molar-refractivity contribution in [1.29, 1.82) is 0 Å². The third kappa shape index (κ3) is 6.45. The van der Waals surface area contributed by atoms with E-state index in [2.05, 4.69) is 5.32 Å². The van der Waals surface area contributed by atoms with E-state index in [1.807, 2.05) is 0 Å². The Bertz CT molecular complexity index is 1280. The van der Waals surface area contributed by atoms with Crippen molar-refractivity contribution in [2.24, 2.45) is 5.73 Å². The lowest BCUT2D eigenvalue weighted by Gasteiger charge is -2.38. The highest BCUT2D eigenvalue weighted by atomic mass is 35.5. The second kappa shape index (κ2) is 11.7. The number of benzene rings is 3. The van der Waals surface area contributed by atoms with Gasteiger partial charge in [-0.1, -0.05) is 30.5 Å². The van der Waals surface area contributed by atoms with Gasteiger partial charge < -0.3 is 20.7 Å². The van der Waals surface area contributed by atoms with Crippen molar-refractivity contribution in [1.82, 2.24) is 4.90 Å². The van der Waals surface area contributed by atoms with Crippen LogP contribution in [-0.4, -0.2) is 35.9 Å². The molecule has 0 bridgehead atoms. The summed E-state index contributed by atoms with van der Waals surface area (Å²) >= 11 is 6.49. The molecular formula is C28H28ClF2N3O3. The zero-order chi connectivity index (χ0) is 26.5. The zero-order valence-corrected chi connectivity index (χ0v) is 21.1. The van der Waals surface area contributed by atoms with Crippen LogP contribution in [0.4, 0.5) is 14.5 Å². The van der Waals surface area contributed by atoms with Crippen molar-refractivity contribution in [2.75, 3.05) is 12.4 Å². The maximum absolute atomic E-state index is 13.9. The Morgan fingerprint density at radius 1 is 1.03 bits per heavy atom. The molecule has 3 aromatic rings. The average molecular weight is 528 g/mol. The van der Waals surface area contributed by atoms with Gasteiger partial charge in [0, 0.05) is 46.5 Å². The first-order chi connectivity index (χ1) is 17.7. The number of hydrogen-bond donors (Lipinski definition) is 2. The van der Waals surface area contributed by atoms with Crippen molar-refractivity contribution in [3.8, 4) is 5.75 Å². The Morgan fingerprint density at radius 3 is 2.46 bits per heavy atom. The summed E-state index contributed by atoms with van der Waals surface area (Å²) in [6, 6.07) is 13.8. The maximum Gasteiger partial charge on any atom is 0.255 e. The summed E-state index contributed by atoms with van der Waals surface area (Å²) in [5, 5.41) is 3.22. The lowest BCUT2D eigenvalue weighted by Crippen LogP contribution is -2.51. The number of nitrogens with one attached hydrogen (secondary N) is 1. The molecule has 0 aromatic heterocycles. The Hall–Kier alpha value is -3.49. The Morgan fingerprint density at radius 2 is 1.76 bits per heavy atom. The highest BCUT2D eigenvalue weighted by Crippen LogP contribution is 2.29. The molecule has 37 heavy (non-hydrogen) atoms. The van der Waals surface area contributed by atoms with Crippen LogP contribution in [0.15, 0.2) is 60.7 Å². The van der Waals surface area contributed by atoms with Crippen LogP contribution in [-0.2, 0) is 6.54 Å². The number of amides is 2. The number of hydrogen-bond acceptors (Lipinski definition) is 4. The fourth-order valence-electron chi connectivity index (χ4n) is 4.63. The number of carbonyl (C=O) groups is 2. The van der Waals surface area contributed by atoms with Gasteiger partial charge in [0.25, 0.3) is 11.8 Å². The molecule has 194 valence electrons. The molecule has 1 aliphatic rings. The largest absolute Gasteiger partial charge is 0.497 e. The van der Waals surface area contributed by atoms with Gasteiger partial charge in [-0.15, -0.1) is 0 Å². The van der Waals surface area contributed by atoms with Crippen molar-refractivity contribution in [3.63, 3.8) is 0 Å². The third-order valence-corrected chi connectivity index (χ3v) is 6.90. The van der Waals surface area contributed by atoms with Gasteiger partial charge in [0.05, 0.1) is 7.11 Å². The van der Waals surface area contributed by atoms with Gasteiger partial charge >= 0.3 is 0 Å². The molecule has 2 unspecified atom stereocenters. The topological polar surface area (TPSA) is 84.7 Å². The number of nitrogens with zero attached hydrogens (tertiary/aromatic N) is 1. The van der Waals surface area contributed by atoms with Crippen LogP contribution in [0.3, 0.4) is 0 Å². The van der Waals surface area contributed by atoms with E-state index in [-0.39, 0.29) is 30.1 Å². The van der Waals surface area contributed by atoms with Gasteiger partial charge in [-0.05, 0) is 66.9 Å². The minimum Gasteiger partial charge on any atom is -0.497 e. The van der Waals surface area contributed by atoms with E-state index in [9.17, 15) is 18.4 Å². The highest BCUT2D eigenvalue weighted by Gasteiger charge is 2.32. The molecule has 4 rings (SSSR count). The number of nitrogens with two attached hydrogens (primary N) is 1. The summed E-state index contributed by atoms with van der Waals surface area (Å²) in [7, 11) is 1.52. The molecule has 0 heterocycles. The van der Waals surface area contributed by atoms with Gasteiger partial charge in [0.2, 0.25) is 0 Å². The normalized spacial score (nSPS) is 17.2. The van der Waals surface area contributed by atoms with Crippen LogP contribution in [0.1, 0.15) is 52.0 Å². The van der Waals surface area contributed by atoms with E-state index < -0.39 is 17.5 Å². The fraction of sp³-hybridized carbons (Fsp3) is 0.286. The Labute approximate surface area is 219 Å². The lowest BCUT2D eigenvalue weighted by molar-refractivity contribution is 0.0582. The summed E-state index contributed by atoms with van der Waals surface area (Å²) in [5.74, 6) is -2.00. The molecule has 9 heteroatoms. The van der Waals surface area contributed by atoms with Crippen molar-refractivity contribution >= 4 is 29.1 Å². The fourth-order valence-corrected chi connectivity index (χ4v) is 4.81. The molecule has 1 aliphatic carbocycles. The molecule has 1 fully saturated rings. The molecule has 2 atom stereocenters. The van der Waals surface area contributed by atoms with E-state index in [0.717, 1.165) is 37.5 Å². The molecular weight excluding hydrogens is 500 g/mol. The molecule has 3 aromatic carbocycles. The van der Waals surface area contributed by atoms with Gasteiger partial charge in [-0.25, -0.2) is 8.78 Å². The predicted molar refractivity (Wildman–Crippen MR) is 139 cm³/mol. The average Bonchev–Trinajstić information content (AvgIpc) is 2.88. The number of carbonyl (C=O) groups excluding carboxylic acids is 2. The number of halogens is 3. The van der Waals surface area contributed by atoms with Crippen LogP contribution in [0.5, 0.6) is 5.75 Å². The maximum atomic E-state index is 13.9. The van der Waals surface area contributed by atoms with Crippen LogP contribution in [0.25, 0.3) is 0 Å². The number of anilines is 1. The second-order valence-electron chi connectivity index (χ2n) is 9.10. The monoisotopic (exact) mass is 527 g/mol. The summed E-state index contributed by atoms with van der Waals surface area (Å²) in [5.41, 5.74) is 7.74. The number of methoxy groups -OCH3 is 1. The van der Waals surface area contributed by atoms with Gasteiger partial charge in [0.15, 0.2) is 0 Å². The van der Waals surface area contributed by atoms with Gasteiger partial charge in [0.1, 0.15) is 17.4 Å². The van der Waals surface area contributed by atoms with Crippen LogP contribution in [0.2, 0.25) is 5.02 Å². The third-order valence-electron chi connectivity index (χ3n) is 6.53. The van der Waals surface area contributed by atoms with Gasteiger partial charge in [-0.2, -0.15) is 0 Å². The van der Waals surface area contributed by atoms with Crippen LogP contribution >= 0.6 is 11.6 Å². The Kier molecular flexibility index (Phi) is 8.41. The minimum absolute atomic E-state index is 0.0526. The van der Waals surface area contributed by atoms with Crippen LogP contribution < -0.4 is 15.8 Å². The smallest absolute Gasteiger partial charge is 0.255 e. The molecule has 2 amide bonds. The molecule has 0 radical (unpaired) electrons. The van der Waals surface area contributed by atoms with E-state index in [1.54, 1.807) is 42.5 Å². The van der Waals surface area contributed by atoms with Gasteiger partial charge in [-0.3, -0.25) is 9.59 Å². The van der Waals surface area contributed by atoms with Crippen molar-refractivity contribution in [3.05, 3.63) is 94.0 Å². The lowest BCUT2D eigenvalue weighted by atomic mass is 9.89. The molecule has 3 N–H and O–H groups in total. The van der Waals surface area contributed by atoms with Crippen molar-refractivity contribution in [2.45, 2.75) is 44.3 Å².